The molecule has 0 aliphatic heterocycles. The van der Waals surface area contributed by atoms with Crippen LogP contribution in [-0.4, -0.2) is 5.78 Å². The van der Waals surface area contributed by atoms with Gasteiger partial charge >= 0.3 is 0 Å². The van der Waals surface area contributed by atoms with Gasteiger partial charge in [-0.2, -0.15) is 5.26 Å². The third-order valence-electron chi connectivity index (χ3n) is 2.68. The van der Waals surface area contributed by atoms with Gasteiger partial charge in [0.05, 0.1) is 6.07 Å². The van der Waals surface area contributed by atoms with Crippen LogP contribution in [0.3, 0.4) is 0 Å². The van der Waals surface area contributed by atoms with Gasteiger partial charge in [-0.3, -0.25) is 4.79 Å². The maximum atomic E-state index is 13.1. The topological polar surface area (TPSA) is 40.9 Å². The van der Waals surface area contributed by atoms with Crippen molar-refractivity contribution in [2.24, 2.45) is 0 Å². The van der Waals surface area contributed by atoms with E-state index in [4.69, 9.17) is 16.9 Å². The predicted molar refractivity (Wildman–Crippen MR) is 70.5 cm³/mol. The fraction of sp³-hybridized carbons (Fsp3) is 0.0667. The van der Waals surface area contributed by atoms with Crippen molar-refractivity contribution in [1.29, 1.82) is 5.26 Å². The number of ketones is 1. The number of carbonyl (C=O) groups is 1. The highest BCUT2D eigenvalue weighted by molar-refractivity contribution is 6.30. The van der Waals surface area contributed by atoms with E-state index >= 15 is 0 Å². The number of Topliss-reactive ketones (excluding diaryl/α,β-unsaturated/α-hetero) is 1. The Morgan fingerprint density at radius 2 is 1.95 bits per heavy atom. The zero-order valence-electron chi connectivity index (χ0n) is 9.81. The van der Waals surface area contributed by atoms with Crippen molar-refractivity contribution >= 4 is 17.4 Å². The molecule has 94 valence electrons. The number of hydrogen-bond donors (Lipinski definition) is 0. The Morgan fingerprint density at radius 3 is 2.58 bits per heavy atom. The summed E-state index contributed by atoms with van der Waals surface area (Å²) in [5.41, 5.74) is 0.677. The summed E-state index contributed by atoms with van der Waals surface area (Å²) in [6, 6.07) is 13.8. The lowest BCUT2D eigenvalue weighted by atomic mass is 9.92. The third kappa shape index (κ3) is 2.98. The van der Waals surface area contributed by atoms with Crippen molar-refractivity contribution in [2.45, 2.75) is 5.92 Å². The van der Waals surface area contributed by atoms with Crippen molar-refractivity contribution in [3.8, 4) is 6.07 Å². The van der Waals surface area contributed by atoms with E-state index in [1.807, 2.05) is 6.07 Å². The van der Waals surface area contributed by atoms with Gasteiger partial charge in [0.25, 0.3) is 0 Å². The van der Waals surface area contributed by atoms with Crippen LogP contribution in [0.4, 0.5) is 4.39 Å². The van der Waals surface area contributed by atoms with Crippen molar-refractivity contribution in [2.75, 3.05) is 0 Å². The van der Waals surface area contributed by atoms with E-state index in [1.54, 1.807) is 24.3 Å². The van der Waals surface area contributed by atoms with E-state index in [0.29, 0.717) is 10.6 Å². The lowest BCUT2D eigenvalue weighted by Gasteiger charge is -2.09. The molecule has 19 heavy (non-hydrogen) atoms. The first kappa shape index (κ1) is 13.3. The summed E-state index contributed by atoms with van der Waals surface area (Å²) < 4.78 is 13.1. The van der Waals surface area contributed by atoms with Gasteiger partial charge in [-0.1, -0.05) is 35.9 Å². The molecule has 0 aliphatic carbocycles. The van der Waals surface area contributed by atoms with Gasteiger partial charge in [-0.15, -0.1) is 0 Å². The highest BCUT2D eigenvalue weighted by Gasteiger charge is 2.22. The third-order valence-corrected chi connectivity index (χ3v) is 2.92. The monoisotopic (exact) mass is 273 g/mol. The Kier molecular flexibility index (Phi) is 3.94. The van der Waals surface area contributed by atoms with Crippen LogP contribution in [0.5, 0.6) is 0 Å². The first-order valence-corrected chi connectivity index (χ1v) is 5.94. The van der Waals surface area contributed by atoms with Crippen LogP contribution >= 0.6 is 11.6 Å². The van der Waals surface area contributed by atoms with Crippen molar-refractivity contribution in [3.05, 3.63) is 70.5 Å². The van der Waals surface area contributed by atoms with E-state index in [9.17, 15) is 9.18 Å². The molecular weight excluding hydrogens is 265 g/mol. The van der Waals surface area contributed by atoms with Crippen LogP contribution in [0.25, 0.3) is 0 Å². The molecule has 0 spiro atoms. The fourth-order valence-electron chi connectivity index (χ4n) is 1.78. The Bertz CT molecular complexity index is 663. The molecule has 1 unspecified atom stereocenters. The minimum atomic E-state index is -0.986. The Morgan fingerprint density at radius 1 is 1.21 bits per heavy atom. The SMILES string of the molecule is N#CC(C(=O)c1cccc(F)c1)c1cccc(Cl)c1. The van der Waals surface area contributed by atoms with Crippen molar-refractivity contribution < 1.29 is 9.18 Å². The zero-order valence-corrected chi connectivity index (χ0v) is 10.6. The second-order valence-corrected chi connectivity index (χ2v) is 4.43. The summed E-state index contributed by atoms with van der Waals surface area (Å²) in [5.74, 6) is -1.93. The summed E-state index contributed by atoms with van der Waals surface area (Å²) >= 11 is 5.84. The van der Waals surface area contributed by atoms with Crippen LogP contribution < -0.4 is 0 Å². The molecule has 2 nitrogen and oxygen atoms in total. The second kappa shape index (κ2) is 5.64. The Balaban J connectivity index is 2.38. The van der Waals surface area contributed by atoms with Crippen molar-refractivity contribution in [1.82, 2.24) is 0 Å². The number of hydrogen-bond acceptors (Lipinski definition) is 2. The van der Waals surface area contributed by atoms with E-state index in [0.717, 1.165) is 6.07 Å². The molecule has 2 aromatic rings. The molecule has 2 aromatic carbocycles. The molecule has 2 rings (SSSR count). The predicted octanol–water partition coefficient (Wildman–Crippen LogP) is 3.97. The number of benzene rings is 2. The van der Waals surface area contributed by atoms with Gasteiger partial charge in [0, 0.05) is 10.6 Å². The van der Waals surface area contributed by atoms with Gasteiger partial charge in [0.2, 0.25) is 0 Å². The minimum absolute atomic E-state index is 0.173. The van der Waals surface area contributed by atoms with E-state index in [1.165, 1.54) is 18.2 Å². The van der Waals surface area contributed by atoms with Gasteiger partial charge in [-0.05, 0) is 29.8 Å². The normalized spacial score (nSPS) is 11.6. The maximum Gasteiger partial charge on any atom is 0.184 e. The van der Waals surface area contributed by atoms with Crippen LogP contribution in [0.2, 0.25) is 5.02 Å². The molecule has 0 N–H and O–H groups in total. The Labute approximate surface area is 115 Å². The molecule has 0 saturated heterocycles. The number of carbonyl (C=O) groups excluding carboxylic acids is 1. The molecule has 0 aliphatic rings. The lowest BCUT2D eigenvalue weighted by Crippen LogP contribution is -2.11. The number of halogens is 2. The van der Waals surface area contributed by atoms with Gasteiger partial charge < -0.3 is 0 Å². The summed E-state index contributed by atoms with van der Waals surface area (Å²) in [6.07, 6.45) is 0. The first-order chi connectivity index (χ1) is 9.11. The van der Waals surface area contributed by atoms with Crippen LogP contribution in [0.15, 0.2) is 48.5 Å². The molecule has 0 amide bonds. The maximum absolute atomic E-state index is 13.1. The highest BCUT2D eigenvalue weighted by Crippen LogP contribution is 2.23. The summed E-state index contributed by atoms with van der Waals surface area (Å²) in [6.45, 7) is 0. The summed E-state index contributed by atoms with van der Waals surface area (Å²) in [7, 11) is 0. The largest absolute Gasteiger partial charge is 0.292 e. The standard InChI is InChI=1S/C15H9ClFNO/c16-12-5-1-3-10(7-12)14(9-18)15(19)11-4-2-6-13(17)8-11/h1-8,14H. The molecular formula is C15H9ClFNO. The molecule has 0 aromatic heterocycles. The zero-order chi connectivity index (χ0) is 13.8. The first-order valence-electron chi connectivity index (χ1n) is 5.56. The van der Waals surface area contributed by atoms with Gasteiger partial charge in [0.1, 0.15) is 11.7 Å². The average molecular weight is 274 g/mol. The summed E-state index contributed by atoms with van der Waals surface area (Å²) in [4.78, 5) is 12.2. The highest BCUT2D eigenvalue weighted by atomic mass is 35.5. The number of nitriles is 1. The molecule has 0 fully saturated rings. The Hall–Kier alpha value is -2.18. The van der Waals surface area contributed by atoms with E-state index in [-0.39, 0.29) is 5.56 Å². The van der Waals surface area contributed by atoms with Gasteiger partial charge in [0.15, 0.2) is 5.78 Å². The van der Waals surface area contributed by atoms with Crippen LogP contribution in [-0.2, 0) is 0 Å². The number of rotatable bonds is 3. The molecule has 0 bridgehead atoms. The summed E-state index contributed by atoms with van der Waals surface area (Å²) in [5, 5.41) is 9.61. The molecule has 4 heteroatoms. The van der Waals surface area contributed by atoms with Crippen LogP contribution in [0.1, 0.15) is 21.8 Å². The molecule has 0 radical (unpaired) electrons. The molecule has 0 heterocycles. The molecule has 0 saturated carbocycles. The molecule has 1 atom stereocenters. The minimum Gasteiger partial charge on any atom is -0.292 e. The lowest BCUT2D eigenvalue weighted by molar-refractivity contribution is 0.0978. The smallest absolute Gasteiger partial charge is 0.184 e. The average Bonchev–Trinajstić information content (AvgIpc) is 2.39. The van der Waals surface area contributed by atoms with Gasteiger partial charge in [-0.25, -0.2) is 4.39 Å². The van der Waals surface area contributed by atoms with E-state index < -0.39 is 17.5 Å². The van der Waals surface area contributed by atoms with E-state index in [2.05, 4.69) is 0 Å². The van der Waals surface area contributed by atoms with Crippen molar-refractivity contribution in [3.63, 3.8) is 0 Å². The quantitative estimate of drug-likeness (QED) is 0.794. The number of nitrogens with zero attached hydrogens (tertiary/aromatic N) is 1. The van der Waals surface area contributed by atoms with Crippen LogP contribution in [0, 0.1) is 17.1 Å². The fourth-order valence-corrected chi connectivity index (χ4v) is 1.98. The second-order valence-electron chi connectivity index (χ2n) is 3.99.